The van der Waals surface area contributed by atoms with Crippen LogP contribution in [0.5, 0.6) is 0 Å². The summed E-state index contributed by atoms with van der Waals surface area (Å²) in [5.74, 6) is -0.139. The molecule has 0 N–H and O–H groups in total. The van der Waals surface area contributed by atoms with E-state index in [-0.39, 0.29) is 18.1 Å². The van der Waals surface area contributed by atoms with E-state index in [4.69, 9.17) is 9.47 Å². The van der Waals surface area contributed by atoms with E-state index in [1.54, 1.807) is 0 Å². The third-order valence-corrected chi connectivity index (χ3v) is 7.79. The van der Waals surface area contributed by atoms with Crippen molar-refractivity contribution in [2.24, 2.45) is 0 Å². The van der Waals surface area contributed by atoms with Crippen LogP contribution in [0.4, 0.5) is 4.79 Å². The fourth-order valence-electron chi connectivity index (χ4n) is 5.35. The van der Waals surface area contributed by atoms with Crippen molar-refractivity contribution in [2.45, 2.75) is 154 Å². The molecular weight excluding hydrogens is 476 g/mol. The van der Waals surface area contributed by atoms with E-state index in [0.717, 1.165) is 51.6 Å². The van der Waals surface area contributed by atoms with Gasteiger partial charge in [0, 0.05) is 25.4 Å². The topological polar surface area (TPSA) is 59.1 Å². The molecule has 0 radical (unpaired) electrons. The lowest BCUT2D eigenvalue weighted by molar-refractivity contribution is -0.144. The number of ether oxygens (including phenoxy) is 2. The first-order chi connectivity index (χ1) is 18.5. The van der Waals surface area contributed by atoms with E-state index in [9.17, 15) is 9.59 Å². The van der Waals surface area contributed by atoms with Crippen molar-refractivity contribution < 1.29 is 19.1 Å². The van der Waals surface area contributed by atoms with Gasteiger partial charge in [0.15, 0.2) is 0 Å². The third kappa shape index (κ3) is 19.7. The number of nitrogens with zero attached hydrogens (tertiary/aromatic N) is 2. The first-order valence-corrected chi connectivity index (χ1v) is 16.3. The number of rotatable bonds is 24. The van der Waals surface area contributed by atoms with Crippen LogP contribution in [-0.4, -0.2) is 68.3 Å². The first-order valence-electron chi connectivity index (χ1n) is 16.3. The minimum atomic E-state index is -0.187. The molecule has 0 saturated carbocycles. The van der Waals surface area contributed by atoms with Crippen LogP contribution >= 0.6 is 0 Å². The molecule has 1 fully saturated rings. The maximum atomic E-state index is 12.7. The van der Waals surface area contributed by atoms with Gasteiger partial charge in [0.1, 0.15) is 0 Å². The summed E-state index contributed by atoms with van der Waals surface area (Å²) in [6.45, 7) is 4.81. The van der Waals surface area contributed by atoms with E-state index in [1.165, 1.54) is 89.9 Å². The Kier molecular flexibility index (Phi) is 22.6. The molecule has 0 aromatic rings. The SMILES string of the molecule is CCCCCCCCCCCCCCCCCCOC(=O)N1CCCCC1CCOC(=O)CCCN(C)C. The van der Waals surface area contributed by atoms with Gasteiger partial charge < -0.3 is 19.3 Å². The number of carbonyl (C=O) groups is 2. The minimum absolute atomic E-state index is 0.122. The Balaban J connectivity index is 1.98. The second-order valence-corrected chi connectivity index (χ2v) is 11.7. The van der Waals surface area contributed by atoms with E-state index in [2.05, 4.69) is 11.8 Å². The van der Waals surface area contributed by atoms with Gasteiger partial charge in [0.25, 0.3) is 0 Å². The Labute approximate surface area is 235 Å². The van der Waals surface area contributed by atoms with E-state index in [0.29, 0.717) is 26.1 Å². The van der Waals surface area contributed by atoms with Crippen molar-refractivity contribution in [3.63, 3.8) is 0 Å². The molecule has 6 heteroatoms. The second-order valence-electron chi connectivity index (χ2n) is 11.7. The smallest absolute Gasteiger partial charge is 0.410 e. The van der Waals surface area contributed by atoms with Crippen LogP contribution in [0.15, 0.2) is 0 Å². The third-order valence-electron chi connectivity index (χ3n) is 7.79. The first kappa shape index (κ1) is 34.7. The maximum Gasteiger partial charge on any atom is 0.410 e. The summed E-state index contributed by atoms with van der Waals surface area (Å²) in [7, 11) is 4.01. The largest absolute Gasteiger partial charge is 0.466 e. The summed E-state index contributed by atoms with van der Waals surface area (Å²) >= 11 is 0. The average Bonchev–Trinajstić information content (AvgIpc) is 2.90. The van der Waals surface area contributed by atoms with Crippen LogP contribution in [0, 0.1) is 0 Å². The van der Waals surface area contributed by atoms with Crippen LogP contribution in [0.1, 0.15) is 148 Å². The molecule has 0 aromatic carbocycles. The highest BCUT2D eigenvalue weighted by molar-refractivity contribution is 5.69. The molecule has 6 nitrogen and oxygen atoms in total. The van der Waals surface area contributed by atoms with Crippen molar-refractivity contribution in [3.8, 4) is 0 Å². The molecule has 0 spiro atoms. The van der Waals surface area contributed by atoms with Crippen molar-refractivity contribution in [2.75, 3.05) is 40.4 Å². The van der Waals surface area contributed by atoms with Crippen LogP contribution in [-0.2, 0) is 14.3 Å². The summed E-state index contributed by atoms with van der Waals surface area (Å²) in [6, 6.07) is 0.122. The molecule has 0 bridgehead atoms. The normalized spacial score (nSPS) is 15.7. The van der Waals surface area contributed by atoms with Crippen molar-refractivity contribution in [1.29, 1.82) is 0 Å². The zero-order valence-electron chi connectivity index (χ0n) is 25.5. The molecule has 1 unspecified atom stereocenters. The molecule has 1 heterocycles. The lowest BCUT2D eigenvalue weighted by atomic mass is 10.0. The molecule has 224 valence electrons. The minimum Gasteiger partial charge on any atom is -0.466 e. The van der Waals surface area contributed by atoms with Gasteiger partial charge in [-0.1, -0.05) is 103 Å². The molecule has 1 aliphatic rings. The Morgan fingerprint density at radius 1 is 0.711 bits per heavy atom. The second kappa shape index (κ2) is 24.7. The van der Waals surface area contributed by atoms with Gasteiger partial charge in [0.2, 0.25) is 0 Å². The van der Waals surface area contributed by atoms with Gasteiger partial charge in [0.05, 0.1) is 13.2 Å². The number of likely N-dealkylation sites (tertiary alicyclic amines) is 1. The molecule has 1 saturated heterocycles. The van der Waals surface area contributed by atoms with Gasteiger partial charge in [-0.25, -0.2) is 4.79 Å². The van der Waals surface area contributed by atoms with E-state index < -0.39 is 0 Å². The zero-order chi connectivity index (χ0) is 27.7. The molecule has 0 aromatic heterocycles. The predicted molar refractivity (Wildman–Crippen MR) is 159 cm³/mol. The molecule has 1 rings (SSSR count). The Bertz CT molecular complexity index is 570. The lowest BCUT2D eigenvalue weighted by Gasteiger charge is -2.34. The van der Waals surface area contributed by atoms with E-state index in [1.807, 2.05) is 19.0 Å². The van der Waals surface area contributed by atoms with Crippen molar-refractivity contribution in [1.82, 2.24) is 9.80 Å². The lowest BCUT2D eigenvalue weighted by Crippen LogP contribution is -2.44. The number of hydrogen-bond donors (Lipinski definition) is 0. The Hall–Kier alpha value is -1.30. The number of piperidine rings is 1. The van der Waals surface area contributed by atoms with Gasteiger partial charge in [-0.2, -0.15) is 0 Å². The molecule has 1 amide bonds. The Morgan fingerprint density at radius 2 is 1.26 bits per heavy atom. The van der Waals surface area contributed by atoms with Gasteiger partial charge >= 0.3 is 12.1 Å². The zero-order valence-corrected chi connectivity index (χ0v) is 25.5. The highest BCUT2D eigenvalue weighted by Crippen LogP contribution is 2.21. The average molecular weight is 539 g/mol. The summed E-state index contributed by atoms with van der Waals surface area (Å²) in [4.78, 5) is 28.5. The van der Waals surface area contributed by atoms with Crippen LogP contribution in [0.3, 0.4) is 0 Å². The molecule has 1 atom stereocenters. The van der Waals surface area contributed by atoms with Crippen LogP contribution < -0.4 is 0 Å². The maximum absolute atomic E-state index is 12.7. The number of unbranched alkanes of at least 4 members (excludes halogenated alkanes) is 15. The van der Waals surface area contributed by atoms with Crippen molar-refractivity contribution in [3.05, 3.63) is 0 Å². The summed E-state index contributed by atoms with van der Waals surface area (Å²) < 4.78 is 11.0. The van der Waals surface area contributed by atoms with Gasteiger partial charge in [-0.15, -0.1) is 0 Å². The Morgan fingerprint density at radius 3 is 1.82 bits per heavy atom. The highest BCUT2D eigenvalue weighted by Gasteiger charge is 2.27. The number of esters is 1. The highest BCUT2D eigenvalue weighted by atomic mass is 16.6. The van der Waals surface area contributed by atoms with Crippen LogP contribution in [0.25, 0.3) is 0 Å². The fourth-order valence-corrected chi connectivity index (χ4v) is 5.35. The van der Waals surface area contributed by atoms with E-state index >= 15 is 0 Å². The van der Waals surface area contributed by atoms with Crippen LogP contribution in [0.2, 0.25) is 0 Å². The molecule has 1 aliphatic heterocycles. The summed E-state index contributed by atoms with van der Waals surface area (Å²) in [5, 5.41) is 0. The number of hydrogen-bond acceptors (Lipinski definition) is 5. The summed E-state index contributed by atoms with van der Waals surface area (Å²) in [5.41, 5.74) is 0. The van der Waals surface area contributed by atoms with Gasteiger partial charge in [-0.3, -0.25) is 4.79 Å². The standard InChI is InChI=1S/C32H62N2O4/c1-4-5-6-7-8-9-10-11-12-13-14-15-16-17-18-21-28-38-32(36)34-27-20-19-23-30(34)25-29-37-31(35)24-22-26-33(2)3/h30H,4-29H2,1-3H3. The number of carbonyl (C=O) groups excluding carboxylic acids is 2. The number of amides is 1. The molecule has 38 heavy (non-hydrogen) atoms. The quantitative estimate of drug-likeness (QED) is 0.0910. The van der Waals surface area contributed by atoms with Gasteiger partial charge in [-0.05, 0) is 52.7 Å². The monoisotopic (exact) mass is 538 g/mol. The predicted octanol–water partition coefficient (Wildman–Crippen LogP) is 8.51. The molecule has 0 aliphatic carbocycles. The van der Waals surface area contributed by atoms with Crippen molar-refractivity contribution >= 4 is 12.1 Å². The summed E-state index contributed by atoms with van der Waals surface area (Å²) in [6.07, 6.45) is 26.3. The fraction of sp³-hybridized carbons (Fsp3) is 0.938. The molecular formula is C32H62N2O4.